The van der Waals surface area contributed by atoms with Gasteiger partial charge in [-0.05, 0) is 24.3 Å². The average molecular weight is 252 g/mol. The van der Waals surface area contributed by atoms with E-state index < -0.39 is 11.9 Å². The smallest absolute Gasteiger partial charge is 0.360 e. The minimum Gasteiger partial charge on any atom is -0.378 e. The number of rotatable bonds is 4. The summed E-state index contributed by atoms with van der Waals surface area (Å²) in [6, 6.07) is 6.86. The van der Waals surface area contributed by atoms with Crippen molar-refractivity contribution in [3.05, 3.63) is 29.8 Å². The number of anilines is 1. The van der Waals surface area contributed by atoms with Crippen LogP contribution < -0.4 is 4.90 Å². The molecule has 0 amide bonds. The number of benzene rings is 1. The van der Waals surface area contributed by atoms with Crippen LogP contribution in [0.1, 0.15) is 17.3 Å². The van der Waals surface area contributed by atoms with E-state index in [1.807, 2.05) is 19.0 Å². The lowest BCUT2D eigenvalue weighted by Crippen LogP contribution is -2.25. The first-order chi connectivity index (χ1) is 8.40. The molecule has 0 atom stereocenters. The van der Waals surface area contributed by atoms with Gasteiger partial charge in [0.15, 0.2) is 0 Å². The normalized spacial score (nSPS) is 10.1. The zero-order valence-electron chi connectivity index (χ0n) is 10.8. The van der Waals surface area contributed by atoms with Crippen molar-refractivity contribution in [3.8, 4) is 0 Å². The molecule has 0 heterocycles. The Morgan fingerprint density at radius 1 is 1.00 bits per heavy atom. The Balaban J connectivity index is 2.64. The molecular weight excluding hydrogens is 236 g/mol. The van der Waals surface area contributed by atoms with E-state index in [0.717, 1.165) is 10.9 Å². The molecule has 0 saturated carbocycles. The predicted octanol–water partition coefficient (Wildman–Crippen LogP) is 1.23. The summed E-state index contributed by atoms with van der Waals surface area (Å²) in [5, 5.41) is 0.727. The van der Waals surface area contributed by atoms with Crippen LogP contribution in [0.2, 0.25) is 0 Å². The second-order valence-electron chi connectivity index (χ2n) is 3.84. The minimum atomic E-state index is -0.593. The Bertz CT molecular complexity index is 428. The second-order valence-corrected chi connectivity index (χ2v) is 3.84. The first-order valence-electron chi connectivity index (χ1n) is 5.32. The third kappa shape index (κ3) is 4.06. The molecule has 0 aromatic heterocycles. The second kappa shape index (κ2) is 6.02. The summed E-state index contributed by atoms with van der Waals surface area (Å²) in [6.07, 6.45) is 0. The SMILES string of the molecule is CC(=O)ON(C)OC(=O)c1ccc(N(C)C)cc1. The Kier molecular flexibility index (Phi) is 4.67. The van der Waals surface area contributed by atoms with Gasteiger partial charge in [0, 0.05) is 31.9 Å². The first-order valence-corrected chi connectivity index (χ1v) is 5.32. The topological polar surface area (TPSA) is 59.1 Å². The van der Waals surface area contributed by atoms with Crippen LogP contribution in [0.5, 0.6) is 0 Å². The zero-order valence-corrected chi connectivity index (χ0v) is 10.8. The molecular formula is C12H16N2O4. The van der Waals surface area contributed by atoms with Crippen molar-refractivity contribution in [3.63, 3.8) is 0 Å². The van der Waals surface area contributed by atoms with E-state index in [4.69, 9.17) is 4.84 Å². The molecule has 0 spiro atoms. The van der Waals surface area contributed by atoms with E-state index in [1.165, 1.54) is 14.0 Å². The van der Waals surface area contributed by atoms with Gasteiger partial charge in [0.1, 0.15) is 0 Å². The molecule has 18 heavy (non-hydrogen) atoms. The summed E-state index contributed by atoms with van der Waals surface area (Å²) in [6.45, 7) is 1.22. The molecule has 0 fully saturated rings. The molecule has 0 N–H and O–H groups in total. The van der Waals surface area contributed by atoms with Gasteiger partial charge in [-0.1, -0.05) is 0 Å². The van der Waals surface area contributed by atoms with Crippen LogP contribution in [0.25, 0.3) is 0 Å². The highest BCUT2D eigenvalue weighted by Crippen LogP contribution is 2.13. The Hall–Kier alpha value is -2.08. The number of hydroxylamine groups is 2. The number of hydrogen-bond acceptors (Lipinski definition) is 6. The maximum absolute atomic E-state index is 11.6. The maximum Gasteiger partial charge on any atom is 0.360 e. The minimum absolute atomic E-state index is 0.375. The molecule has 0 saturated heterocycles. The van der Waals surface area contributed by atoms with Crippen LogP contribution in [-0.2, 0) is 14.5 Å². The van der Waals surface area contributed by atoms with Gasteiger partial charge in [0.25, 0.3) is 0 Å². The van der Waals surface area contributed by atoms with Crippen molar-refractivity contribution in [1.82, 2.24) is 5.23 Å². The molecule has 0 aliphatic carbocycles. The first kappa shape index (κ1) is 14.0. The highest BCUT2D eigenvalue weighted by Gasteiger charge is 2.12. The Morgan fingerprint density at radius 2 is 1.56 bits per heavy atom. The fourth-order valence-electron chi connectivity index (χ4n) is 1.26. The van der Waals surface area contributed by atoms with Crippen LogP contribution >= 0.6 is 0 Å². The molecule has 6 heteroatoms. The lowest BCUT2D eigenvalue weighted by atomic mass is 10.2. The van der Waals surface area contributed by atoms with E-state index in [0.29, 0.717) is 5.56 Å². The summed E-state index contributed by atoms with van der Waals surface area (Å²) in [4.78, 5) is 33.5. The van der Waals surface area contributed by atoms with Crippen molar-refractivity contribution >= 4 is 17.6 Å². The third-order valence-electron chi connectivity index (χ3n) is 2.09. The van der Waals surface area contributed by atoms with E-state index in [-0.39, 0.29) is 0 Å². The van der Waals surface area contributed by atoms with Gasteiger partial charge in [-0.3, -0.25) is 4.79 Å². The van der Waals surface area contributed by atoms with Crippen LogP contribution in [0.15, 0.2) is 24.3 Å². The predicted molar refractivity (Wildman–Crippen MR) is 65.7 cm³/mol. The lowest BCUT2D eigenvalue weighted by molar-refractivity contribution is -0.296. The van der Waals surface area contributed by atoms with E-state index >= 15 is 0 Å². The highest BCUT2D eigenvalue weighted by atomic mass is 17.0. The standard InChI is InChI=1S/C12H16N2O4/c1-9(15)17-14(4)18-12(16)10-5-7-11(8-6-10)13(2)3/h5-8H,1-4H3. The Labute approximate surface area is 106 Å². The molecule has 1 aromatic carbocycles. The summed E-state index contributed by atoms with van der Waals surface area (Å²) in [5.74, 6) is -1.16. The molecule has 6 nitrogen and oxygen atoms in total. The summed E-state index contributed by atoms with van der Waals surface area (Å²) >= 11 is 0. The van der Waals surface area contributed by atoms with Crippen molar-refractivity contribution < 1.29 is 19.3 Å². The molecule has 1 aromatic rings. The van der Waals surface area contributed by atoms with Crippen LogP contribution in [0.3, 0.4) is 0 Å². The fraction of sp³-hybridized carbons (Fsp3) is 0.333. The Morgan fingerprint density at radius 3 is 2.00 bits per heavy atom. The van der Waals surface area contributed by atoms with E-state index in [1.54, 1.807) is 24.3 Å². The van der Waals surface area contributed by atoms with Crippen molar-refractivity contribution in [2.45, 2.75) is 6.92 Å². The van der Waals surface area contributed by atoms with Crippen molar-refractivity contribution in [2.75, 3.05) is 26.0 Å². The van der Waals surface area contributed by atoms with E-state index in [2.05, 4.69) is 4.84 Å². The average Bonchev–Trinajstić information content (AvgIpc) is 2.27. The molecule has 0 radical (unpaired) electrons. The maximum atomic E-state index is 11.6. The highest BCUT2D eigenvalue weighted by molar-refractivity contribution is 5.89. The van der Waals surface area contributed by atoms with Crippen molar-refractivity contribution in [1.29, 1.82) is 0 Å². The molecule has 0 aliphatic heterocycles. The zero-order chi connectivity index (χ0) is 13.7. The molecule has 0 bridgehead atoms. The van der Waals surface area contributed by atoms with Gasteiger partial charge in [-0.25, -0.2) is 4.79 Å². The summed E-state index contributed by atoms with van der Waals surface area (Å²) < 4.78 is 0. The quantitative estimate of drug-likeness (QED) is 0.751. The molecule has 0 unspecified atom stereocenters. The monoisotopic (exact) mass is 252 g/mol. The number of carbonyl (C=O) groups is 2. The van der Waals surface area contributed by atoms with Crippen LogP contribution in [-0.4, -0.2) is 38.3 Å². The molecule has 0 aliphatic rings. The third-order valence-corrected chi connectivity index (χ3v) is 2.09. The largest absolute Gasteiger partial charge is 0.378 e. The van der Waals surface area contributed by atoms with Crippen LogP contribution in [0, 0.1) is 0 Å². The molecule has 1 rings (SSSR count). The fourth-order valence-corrected chi connectivity index (χ4v) is 1.26. The van der Waals surface area contributed by atoms with Crippen LogP contribution in [0.4, 0.5) is 5.69 Å². The van der Waals surface area contributed by atoms with Gasteiger partial charge in [0.2, 0.25) is 0 Å². The van der Waals surface area contributed by atoms with Crippen molar-refractivity contribution in [2.24, 2.45) is 0 Å². The number of carbonyl (C=O) groups excluding carboxylic acids is 2. The van der Waals surface area contributed by atoms with Gasteiger partial charge < -0.3 is 14.6 Å². The number of hydrogen-bond donors (Lipinski definition) is 0. The summed E-state index contributed by atoms with van der Waals surface area (Å²) in [5.41, 5.74) is 1.35. The van der Waals surface area contributed by atoms with Gasteiger partial charge in [-0.2, -0.15) is 0 Å². The van der Waals surface area contributed by atoms with E-state index in [9.17, 15) is 9.59 Å². The van der Waals surface area contributed by atoms with Gasteiger partial charge >= 0.3 is 11.9 Å². The lowest BCUT2D eigenvalue weighted by Gasteiger charge is -2.15. The molecule has 98 valence electrons. The summed E-state index contributed by atoms with van der Waals surface area (Å²) in [7, 11) is 5.14. The number of nitrogens with zero attached hydrogens (tertiary/aromatic N) is 2. The van der Waals surface area contributed by atoms with Gasteiger partial charge in [-0.15, -0.1) is 0 Å². The van der Waals surface area contributed by atoms with Gasteiger partial charge in [0.05, 0.1) is 12.6 Å².